The van der Waals surface area contributed by atoms with Crippen molar-refractivity contribution in [3.05, 3.63) is 24.3 Å². The van der Waals surface area contributed by atoms with Crippen LogP contribution in [0.4, 0.5) is 5.69 Å². The minimum absolute atomic E-state index is 0. The molecule has 0 aliphatic rings. The first-order chi connectivity index (χ1) is 11.0. The molecule has 0 fully saturated rings. The van der Waals surface area contributed by atoms with Crippen LogP contribution in [0.25, 0.3) is 0 Å². The van der Waals surface area contributed by atoms with E-state index in [1.165, 1.54) is 69.9 Å². The number of hydrogen-bond donors (Lipinski definition) is 0. The van der Waals surface area contributed by atoms with Crippen LogP contribution in [-0.2, 0) is 0 Å². The normalized spacial score (nSPS) is 11.2. The summed E-state index contributed by atoms with van der Waals surface area (Å²) in [7, 11) is 6.54. The van der Waals surface area contributed by atoms with Gasteiger partial charge in [0.05, 0.1) is 27.7 Å². The molecule has 2 nitrogen and oxygen atoms in total. The molecule has 0 unspecified atom stereocenters. The number of quaternary nitrogens is 1. The van der Waals surface area contributed by atoms with Crippen molar-refractivity contribution in [2.24, 2.45) is 0 Å². The van der Waals surface area contributed by atoms with E-state index >= 15 is 0 Å². The van der Waals surface area contributed by atoms with Crippen molar-refractivity contribution in [3.63, 3.8) is 0 Å². The SMILES string of the molecule is CCCCCCCCCCCCOc1ccc([N+](C)(C)C)cc1.[I-]. The van der Waals surface area contributed by atoms with Crippen LogP contribution < -0.4 is 33.2 Å². The molecule has 1 rings (SSSR count). The topological polar surface area (TPSA) is 9.23 Å². The van der Waals surface area contributed by atoms with Crippen LogP contribution in [0.15, 0.2) is 24.3 Å². The van der Waals surface area contributed by atoms with E-state index in [-0.39, 0.29) is 24.0 Å². The van der Waals surface area contributed by atoms with Crippen LogP contribution >= 0.6 is 0 Å². The van der Waals surface area contributed by atoms with Crippen molar-refractivity contribution in [1.29, 1.82) is 0 Å². The molecular formula is C21H38INO. The monoisotopic (exact) mass is 447 g/mol. The Morgan fingerprint density at radius 3 is 1.62 bits per heavy atom. The van der Waals surface area contributed by atoms with Crippen molar-refractivity contribution in [2.75, 3.05) is 27.7 Å². The lowest BCUT2D eigenvalue weighted by Crippen LogP contribution is -3.00. The van der Waals surface area contributed by atoms with E-state index in [1.54, 1.807) is 0 Å². The zero-order valence-corrected chi connectivity index (χ0v) is 18.5. The van der Waals surface area contributed by atoms with Crippen molar-refractivity contribution in [3.8, 4) is 5.75 Å². The summed E-state index contributed by atoms with van der Waals surface area (Å²) in [6.07, 6.45) is 13.7. The lowest BCUT2D eigenvalue weighted by atomic mass is 10.1. The molecule has 1 aromatic rings. The summed E-state index contributed by atoms with van der Waals surface area (Å²) >= 11 is 0. The minimum atomic E-state index is 0. The second kappa shape index (κ2) is 13.9. The largest absolute Gasteiger partial charge is 1.00 e. The molecule has 0 saturated carbocycles. The van der Waals surface area contributed by atoms with Gasteiger partial charge in [0.1, 0.15) is 11.4 Å². The van der Waals surface area contributed by atoms with Gasteiger partial charge >= 0.3 is 0 Å². The highest BCUT2D eigenvalue weighted by molar-refractivity contribution is 5.44. The Balaban J connectivity index is 0.00000529. The quantitative estimate of drug-likeness (QED) is 0.257. The molecule has 140 valence electrons. The Morgan fingerprint density at radius 1 is 0.708 bits per heavy atom. The molecule has 0 atom stereocenters. The number of halogens is 1. The molecule has 0 heterocycles. The van der Waals surface area contributed by atoms with Crippen molar-refractivity contribution < 1.29 is 28.7 Å². The second-order valence-electron chi connectivity index (χ2n) is 7.54. The molecule has 3 heteroatoms. The summed E-state index contributed by atoms with van der Waals surface area (Å²) in [5, 5.41) is 0. The zero-order chi connectivity index (χ0) is 17.0. The maximum absolute atomic E-state index is 5.84. The fourth-order valence-corrected chi connectivity index (χ4v) is 2.77. The van der Waals surface area contributed by atoms with Crippen LogP contribution in [0.3, 0.4) is 0 Å². The fraction of sp³-hybridized carbons (Fsp3) is 0.714. The first-order valence-corrected chi connectivity index (χ1v) is 9.59. The lowest BCUT2D eigenvalue weighted by Gasteiger charge is -2.23. The van der Waals surface area contributed by atoms with E-state index in [2.05, 4.69) is 52.3 Å². The Labute approximate surface area is 167 Å². The van der Waals surface area contributed by atoms with Gasteiger partial charge in [0.15, 0.2) is 0 Å². The summed E-state index contributed by atoms with van der Waals surface area (Å²) < 4.78 is 6.68. The van der Waals surface area contributed by atoms with E-state index in [4.69, 9.17) is 4.74 Å². The summed E-state index contributed by atoms with van der Waals surface area (Å²) in [5.41, 5.74) is 1.30. The van der Waals surface area contributed by atoms with Crippen LogP contribution in [0.1, 0.15) is 71.1 Å². The predicted molar refractivity (Wildman–Crippen MR) is 103 cm³/mol. The Morgan fingerprint density at radius 2 is 1.17 bits per heavy atom. The fourth-order valence-electron chi connectivity index (χ4n) is 2.77. The van der Waals surface area contributed by atoms with Gasteiger partial charge in [0.2, 0.25) is 0 Å². The Kier molecular flexibility index (Phi) is 13.8. The molecule has 0 radical (unpaired) electrons. The highest BCUT2D eigenvalue weighted by atomic mass is 127. The van der Waals surface area contributed by atoms with Crippen molar-refractivity contribution in [2.45, 2.75) is 71.1 Å². The van der Waals surface area contributed by atoms with Crippen LogP contribution in [0.2, 0.25) is 0 Å². The molecule has 0 N–H and O–H groups in total. The number of unbranched alkanes of at least 4 members (excludes halogenated alkanes) is 9. The van der Waals surface area contributed by atoms with Crippen molar-refractivity contribution in [1.82, 2.24) is 4.48 Å². The molecule has 0 aliphatic carbocycles. The first kappa shape index (κ1) is 23.7. The van der Waals surface area contributed by atoms with Gasteiger partial charge in [0.25, 0.3) is 0 Å². The third-order valence-corrected chi connectivity index (χ3v) is 4.38. The molecule has 0 bridgehead atoms. The van der Waals surface area contributed by atoms with Crippen LogP contribution in [-0.4, -0.2) is 27.7 Å². The zero-order valence-electron chi connectivity index (χ0n) is 16.3. The average Bonchev–Trinajstić information content (AvgIpc) is 2.52. The predicted octanol–water partition coefficient (Wildman–Crippen LogP) is 3.19. The van der Waals surface area contributed by atoms with Gasteiger partial charge < -0.3 is 28.7 Å². The highest BCUT2D eigenvalue weighted by Gasteiger charge is 2.11. The number of hydrogen-bond acceptors (Lipinski definition) is 1. The molecule has 0 spiro atoms. The summed E-state index contributed by atoms with van der Waals surface area (Å²) in [4.78, 5) is 0. The summed E-state index contributed by atoms with van der Waals surface area (Å²) in [5.74, 6) is 0.998. The molecule has 0 saturated heterocycles. The van der Waals surface area contributed by atoms with Gasteiger partial charge in [-0.1, -0.05) is 64.7 Å². The number of ether oxygens (including phenoxy) is 1. The Bertz CT molecular complexity index is 397. The molecule has 0 aliphatic heterocycles. The van der Waals surface area contributed by atoms with Gasteiger partial charge in [-0.05, 0) is 18.6 Å². The average molecular weight is 447 g/mol. The molecule has 24 heavy (non-hydrogen) atoms. The summed E-state index contributed by atoms with van der Waals surface area (Å²) in [6, 6.07) is 8.51. The number of nitrogens with zero attached hydrogens (tertiary/aromatic N) is 1. The first-order valence-electron chi connectivity index (χ1n) is 9.59. The Hall–Kier alpha value is -0.290. The van der Waals surface area contributed by atoms with Gasteiger partial charge in [0, 0.05) is 12.1 Å². The van der Waals surface area contributed by atoms with Gasteiger partial charge in [-0.2, -0.15) is 0 Å². The third-order valence-electron chi connectivity index (χ3n) is 4.38. The highest BCUT2D eigenvalue weighted by Crippen LogP contribution is 2.21. The van der Waals surface area contributed by atoms with E-state index in [1.807, 2.05) is 0 Å². The molecule has 0 aromatic heterocycles. The van der Waals surface area contributed by atoms with Gasteiger partial charge in [-0.3, -0.25) is 4.48 Å². The van der Waals surface area contributed by atoms with Gasteiger partial charge in [-0.25, -0.2) is 0 Å². The number of benzene rings is 1. The van der Waals surface area contributed by atoms with Crippen LogP contribution in [0, 0.1) is 0 Å². The van der Waals surface area contributed by atoms with E-state index < -0.39 is 0 Å². The maximum Gasteiger partial charge on any atom is 0.132 e. The molecule has 0 amide bonds. The van der Waals surface area contributed by atoms with E-state index in [9.17, 15) is 0 Å². The molecular weight excluding hydrogens is 409 g/mol. The van der Waals surface area contributed by atoms with Crippen molar-refractivity contribution >= 4 is 5.69 Å². The maximum atomic E-state index is 5.84. The van der Waals surface area contributed by atoms with Gasteiger partial charge in [-0.15, -0.1) is 0 Å². The van der Waals surface area contributed by atoms with E-state index in [0.29, 0.717) is 0 Å². The third kappa shape index (κ3) is 11.3. The molecule has 1 aromatic carbocycles. The van der Waals surface area contributed by atoms with E-state index in [0.717, 1.165) is 16.8 Å². The van der Waals surface area contributed by atoms with Crippen LogP contribution in [0.5, 0.6) is 5.75 Å². The lowest BCUT2D eigenvalue weighted by molar-refractivity contribution is -0.00000573. The smallest absolute Gasteiger partial charge is 0.132 e. The second-order valence-corrected chi connectivity index (χ2v) is 7.54. The summed E-state index contributed by atoms with van der Waals surface area (Å²) in [6.45, 7) is 3.13. The minimum Gasteiger partial charge on any atom is -1.00 e. The standard InChI is InChI=1S/C21H38NO.HI/c1-5-6-7-8-9-10-11-12-13-14-19-23-21-17-15-20(16-18-21)22(2,3)4;/h15-18H,5-14,19H2,1-4H3;1H/q+1;/p-1. The number of rotatable bonds is 13.